The van der Waals surface area contributed by atoms with Crippen LogP contribution in [-0.4, -0.2) is 197 Å². The van der Waals surface area contributed by atoms with Gasteiger partial charge in [-0.1, -0.05) is 25.5 Å². The maximum atomic E-state index is 14.0. The second-order valence-corrected chi connectivity index (χ2v) is 31.4. The zero-order valence-corrected chi connectivity index (χ0v) is 67.0. The Morgan fingerprint density at radius 1 is 0.688 bits per heavy atom. The quantitative estimate of drug-likeness (QED) is 0.0159. The van der Waals surface area contributed by atoms with Crippen LogP contribution in [0.15, 0.2) is 136 Å². The molecule has 12 rings (SSSR count). The lowest BCUT2D eigenvalue weighted by atomic mass is 9.72. The number of benzene rings is 5. The third kappa shape index (κ3) is 26.6. The molecule has 9 N–H and O–H groups in total. The minimum atomic E-state index is -4.41. The molecule has 7 aromatic rings. The number of sulfone groups is 1. The summed E-state index contributed by atoms with van der Waals surface area (Å²) in [6.07, 6.45) is 1.01. The van der Waals surface area contributed by atoms with E-state index in [1.165, 1.54) is 54.2 Å². The van der Waals surface area contributed by atoms with E-state index in [4.69, 9.17) is 49.2 Å². The summed E-state index contributed by atoms with van der Waals surface area (Å²) in [7, 11) is -12.4. The highest BCUT2D eigenvalue weighted by molar-refractivity contribution is 7.92. The minimum absolute atomic E-state index is 0. The van der Waals surface area contributed by atoms with Gasteiger partial charge in [0.25, 0.3) is 11.4 Å². The van der Waals surface area contributed by atoms with Gasteiger partial charge in [0, 0.05) is 93.9 Å². The van der Waals surface area contributed by atoms with Crippen LogP contribution in [0.4, 0.5) is 51.7 Å². The summed E-state index contributed by atoms with van der Waals surface area (Å²) in [5, 5.41) is 49.6. The lowest BCUT2D eigenvalue weighted by Gasteiger charge is -2.39. The molecule has 32 nitrogen and oxygen atoms in total. The van der Waals surface area contributed by atoms with Crippen molar-refractivity contribution in [1.82, 2.24) is 14.9 Å². The smallest absolute Gasteiger partial charge is 0.416 e. The second-order valence-electron chi connectivity index (χ2n) is 26.3. The van der Waals surface area contributed by atoms with Crippen LogP contribution in [0.2, 0.25) is 0 Å². The molecule has 1 aliphatic carbocycles. The molecule has 2 aromatic heterocycles. The van der Waals surface area contributed by atoms with Gasteiger partial charge in [-0.05, 0) is 121 Å². The normalized spacial score (nSPS) is 17.9. The van der Waals surface area contributed by atoms with Crippen molar-refractivity contribution in [2.75, 3.05) is 133 Å². The number of aryl methyl sites for hydroxylation is 1. The average Bonchev–Trinajstić information content (AvgIpc) is 1.14. The summed E-state index contributed by atoms with van der Waals surface area (Å²) in [6, 6.07) is 21.6. The van der Waals surface area contributed by atoms with Gasteiger partial charge in [-0.25, -0.2) is 40.5 Å². The number of pyridine rings is 1. The first-order valence-corrected chi connectivity index (χ1v) is 38.5. The highest BCUT2D eigenvalue weighted by Crippen LogP contribution is 2.45. The first-order valence-electron chi connectivity index (χ1n) is 33.8. The number of fused-ring (bicyclic) bond motifs is 1. The van der Waals surface area contributed by atoms with Crippen molar-refractivity contribution in [2.45, 2.75) is 79.2 Å². The Balaban J connectivity index is 0.000000385. The summed E-state index contributed by atoms with van der Waals surface area (Å²) >= 11 is 0. The number of ether oxygens (including phenoxy) is 7. The summed E-state index contributed by atoms with van der Waals surface area (Å²) in [4.78, 5) is 55.7. The fourth-order valence-electron chi connectivity index (χ4n) is 12.1. The van der Waals surface area contributed by atoms with Crippen LogP contribution in [0, 0.1) is 48.5 Å². The summed E-state index contributed by atoms with van der Waals surface area (Å²) in [6.45, 7) is 15.2. The number of Topliss-reactive ketones (excluding diaryl/α,β-unsaturated/α-hetero) is 1. The van der Waals surface area contributed by atoms with Crippen LogP contribution in [0.1, 0.15) is 60.2 Å². The second kappa shape index (κ2) is 41.9. The van der Waals surface area contributed by atoms with E-state index in [9.17, 15) is 78.0 Å². The number of allylic oxidation sites excluding steroid dienone is 1. The lowest BCUT2D eigenvalue weighted by molar-refractivity contribution is -0.387. The highest BCUT2D eigenvalue weighted by Gasteiger charge is 2.35. The Morgan fingerprint density at radius 2 is 1.21 bits per heavy atom. The third-order valence-electron chi connectivity index (χ3n) is 17.8. The number of alkyl halides is 3. The van der Waals surface area contributed by atoms with Crippen molar-refractivity contribution < 1.29 is 95.5 Å². The molecule has 4 saturated heterocycles. The molecule has 6 heterocycles. The fraction of sp³-hybridized carbons (Fsp3) is 0.420. The van der Waals surface area contributed by atoms with Gasteiger partial charge >= 0.3 is 11.9 Å². The van der Waals surface area contributed by atoms with Crippen molar-refractivity contribution in [3.8, 4) is 11.5 Å². The number of piperazine rings is 1. The Labute approximate surface area is 670 Å². The molecule has 4 aliphatic heterocycles. The van der Waals surface area contributed by atoms with Crippen molar-refractivity contribution in [3.05, 3.63) is 180 Å². The maximum Gasteiger partial charge on any atom is 0.416 e. The van der Waals surface area contributed by atoms with Crippen LogP contribution in [0.25, 0.3) is 16.6 Å². The number of nitro groups is 3. The Morgan fingerprint density at radius 3 is 1.71 bits per heavy atom. The van der Waals surface area contributed by atoms with Gasteiger partial charge in [-0.15, -0.1) is 12.4 Å². The Bertz CT molecular complexity index is 4800. The molecule has 43 heteroatoms. The lowest BCUT2D eigenvalue weighted by Crippen LogP contribution is -2.47. The Hall–Kier alpha value is -7.89. The number of aromatic nitrogens is 2. The molecule has 0 spiro atoms. The topological polar surface area (TPSA) is 451 Å². The van der Waals surface area contributed by atoms with E-state index in [-0.39, 0.29) is 121 Å². The van der Waals surface area contributed by atoms with Gasteiger partial charge < -0.3 is 59.4 Å². The average molecular weight is 1710 g/mol. The monoisotopic (exact) mass is 1710 g/mol. The van der Waals surface area contributed by atoms with E-state index in [2.05, 4.69) is 44.2 Å². The molecular weight excluding hydrogens is 1620 g/mol. The zero-order valence-electron chi connectivity index (χ0n) is 60.8. The van der Waals surface area contributed by atoms with Crippen LogP contribution in [0.5, 0.6) is 11.5 Å². The number of nitrogens with two attached hydrogens (primary N) is 3. The number of nitro benzene ring substituents is 3. The number of nitrogens with one attached hydrogen (secondary N) is 3. The minimum Gasteiger partial charge on any atom is -0.455 e. The summed E-state index contributed by atoms with van der Waals surface area (Å²) < 4.78 is 163. The zero-order chi connectivity index (χ0) is 78.3. The van der Waals surface area contributed by atoms with E-state index in [1.807, 2.05) is 6.07 Å². The number of sulfonamides is 2. The molecule has 5 aliphatic rings. The number of anilines is 3. The number of ketones is 1. The van der Waals surface area contributed by atoms with Crippen LogP contribution in [0.3, 0.4) is 0 Å². The van der Waals surface area contributed by atoms with E-state index >= 15 is 0 Å². The van der Waals surface area contributed by atoms with Gasteiger partial charge in [0.15, 0.2) is 15.6 Å². The largest absolute Gasteiger partial charge is 0.455 e. The number of rotatable bonds is 22. The fourth-order valence-corrected chi connectivity index (χ4v) is 14.4. The first kappa shape index (κ1) is 94.7. The number of carbonyl (C=O) groups is 1. The SMILES string of the molecule is Cc1cc(C(F)(F)F)ccc1C1=C(CN2CCN(c3ccc(C(=O)CS(=O)(=O)c4ccc(NC[C@H]5COCCO5)c([N+](=O)[O-])c4)c(Oc4cnc5[nH]ccc5c4)c3)CC2)CCC(C)(C)C1.Cl.NC[C@H]1COCCO1.NS(=O)(=O)c1ccc(F)c([N+](=O)[O-])c1.NS(=O)(=O)c1ccc(NC[C@H]2COCCO2)c([N+](=O)[O-])c1.S.S.S. The highest BCUT2D eigenvalue weighted by atomic mass is 35.5. The van der Waals surface area contributed by atoms with Crippen LogP contribution in [-0.2, 0) is 64.5 Å². The Kier molecular flexibility index (Phi) is 35.5. The van der Waals surface area contributed by atoms with Crippen LogP contribution < -0.4 is 36.3 Å². The van der Waals surface area contributed by atoms with Crippen molar-refractivity contribution in [2.24, 2.45) is 21.4 Å². The molecule has 4 fully saturated rings. The molecule has 0 radical (unpaired) electrons. The first-order chi connectivity index (χ1) is 51.0. The molecular formula is C69H89ClF4N12O20S6. The number of H-pyrrole nitrogens is 1. The predicted molar refractivity (Wildman–Crippen MR) is 426 cm³/mol. The van der Waals surface area contributed by atoms with Gasteiger partial charge in [-0.2, -0.15) is 58.0 Å². The maximum absolute atomic E-state index is 14.0. The number of hydrogen-bond donors (Lipinski definition) is 6. The number of nitrogens with zero attached hydrogens (tertiary/aromatic N) is 6. The molecule has 0 bridgehead atoms. The summed E-state index contributed by atoms with van der Waals surface area (Å²) in [5.41, 5.74) is 8.43. The van der Waals surface area contributed by atoms with Crippen molar-refractivity contribution in [1.29, 1.82) is 0 Å². The molecule has 0 saturated carbocycles. The number of primary sulfonamides is 2. The molecule has 616 valence electrons. The molecule has 0 unspecified atom stereocenters. The molecule has 112 heavy (non-hydrogen) atoms. The van der Waals surface area contributed by atoms with Gasteiger partial charge in [-0.3, -0.25) is 40.0 Å². The van der Waals surface area contributed by atoms with E-state index < -0.39 is 90.0 Å². The summed E-state index contributed by atoms with van der Waals surface area (Å²) in [5.74, 6) is -2.42. The van der Waals surface area contributed by atoms with E-state index in [0.717, 1.165) is 66.3 Å². The standard InChI is InChI=1S/C47H51F3N6O8S.C11H15N3O6S.C6H5FN2O4S.C5H11NO2.ClH.3H2S/c1-30-20-33(47(48,49)50)4-7-38(30)40-24-46(2,3)12-10-32(40)27-54-14-16-55(17-15-54)34-5-8-39(44(22-34)64-35-21-31-11-13-51-45(31)53-25-35)43(57)29-65(60,61)37-6-9-41(42(23-37)56(58)59)52-26-36-28-62-18-19-63-36;12-21(17,18)9-1-2-10(11(5-9)14(15)16)13-6-8-7-19-3-4-20-8;7-5-2-1-4(14(8,12)13)3-6(5)9(10)11;6-3-5-4-7-1-2-8-5;;;;/h4-9,11,13,20-23,25,36,52H,10,12,14-19,24,26-29H2,1-3H3,(H,51,53);1-2,5,8,13H,3-4,6-7H2,(H2,12,17,18);1-3H,(H2,8,12,13);5H,1-4,6H2;1H;3*1H2/t36-;8-;;5-;;;;/m00.0..../s1. The number of aromatic amines is 1. The molecule has 0 amide bonds. The predicted octanol–water partition coefficient (Wildman–Crippen LogP) is 9.43. The van der Waals surface area contributed by atoms with Crippen LogP contribution >= 0.6 is 52.9 Å². The molecule has 5 aromatic carbocycles. The number of halogens is 5. The number of hydrogen-bond acceptors (Lipinski definition) is 26. The van der Waals surface area contributed by atoms with Gasteiger partial charge in [0.2, 0.25) is 25.9 Å². The number of carbonyl (C=O) groups excluding carboxylic acids is 1. The third-order valence-corrected chi connectivity index (χ3v) is 21.3. The van der Waals surface area contributed by atoms with E-state index in [1.54, 1.807) is 37.4 Å². The molecule has 3 atom stereocenters. The van der Waals surface area contributed by atoms with E-state index in [0.29, 0.717) is 128 Å². The van der Waals surface area contributed by atoms with Gasteiger partial charge in [0.1, 0.15) is 34.3 Å². The van der Waals surface area contributed by atoms with Crippen molar-refractivity contribution >= 4 is 139 Å². The van der Waals surface area contributed by atoms with Crippen molar-refractivity contribution in [3.63, 3.8) is 0 Å². The van der Waals surface area contributed by atoms with Gasteiger partial charge in [0.05, 0.1) is 125 Å².